The molecule has 2 heterocycles. The molecule has 0 N–H and O–H groups in total. The average Bonchev–Trinajstić information content (AvgIpc) is 3.58. The van der Waals surface area contributed by atoms with Crippen LogP contribution >= 0.6 is 0 Å². The van der Waals surface area contributed by atoms with Gasteiger partial charge in [-0.25, -0.2) is 0 Å². The zero-order valence-corrected chi connectivity index (χ0v) is 16.0. The van der Waals surface area contributed by atoms with E-state index in [9.17, 15) is 19.7 Å². The van der Waals surface area contributed by atoms with E-state index in [2.05, 4.69) is 0 Å². The Labute approximate surface area is 164 Å². The minimum absolute atomic E-state index is 0.0373. The second-order valence-electron chi connectivity index (χ2n) is 7.93. The number of nitro benzene ring substituents is 1. The van der Waals surface area contributed by atoms with Crippen LogP contribution in [0.2, 0.25) is 0 Å². The zero-order valence-electron chi connectivity index (χ0n) is 16.0. The SMILES string of the molecule is O=C(C1CC1)N1CCN(C(=O)C2CCN(c3ccccc3[N+](=O)[O-])CC2)CC1. The molecule has 1 aromatic rings. The van der Waals surface area contributed by atoms with Gasteiger partial charge in [-0.1, -0.05) is 12.1 Å². The fraction of sp³-hybridized carbons (Fsp3) is 0.600. The van der Waals surface area contributed by atoms with Gasteiger partial charge in [-0.15, -0.1) is 0 Å². The smallest absolute Gasteiger partial charge is 0.292 e. The monoisotopic (exact) mass is 386 g/mol. The molecule has 28 heavy (non-hydrogen) atoms. The predicted molar refractivity (Wildman–Crippen MR) is 104 cm³/mol. The molecule has 0 radical (unpaired) electrons. The molecule has 0 bridgehead atoms. The van der Waals surface area contributed by atoms with Crippen LogP contribution in [0.3, 0.4) is 0 Å². The van der Waals surface area contributed by atoms with Crippen molar-refractivity contribution in [3.8, 4) is 0 Å². The lowest BCUT2D eigenvalue weighted by Gasteiger charge is -2.39. The minimum atomic E-state index is -0.352. The topological polar surface area (TPSA) is 87.0 Å². The van der Waals surface area contributed by atoms with E-state index in [1.54, 1.807) is 12.1 Å². The third-order valence-electron chi connectivity index (χ3n) is 6.09. The van der Waals surface area contributed by atoms with Gasteiger partial charge < -0.3 is 14.7 Å². The number of piperidine rings is 1. The van der Waals surface area contributed by atoms with Crippen LogP contribution in [0.15, 0.2) is 24.3 Å². The normalized spacial score (nSPS) is 20.9. The van der Waals surface area contributed by atoms with Gasteiger partial charge in [-0.05, 0) is 31.7 Å². The number of hydrogen-bond donors (Lipinski definition) is 0. The Hall–Kier alpha value is -2.64. The van der Waals surface area contributed by atoms with E-state index in [4.69, 9.17) is 0 Å². The number of benzene rings is 1. The van der Waals surface area contributed by atoms with Crippen molar-refractivity contribution in [3.63, 3.8) is 0 Å². The summed E-state index contributed by atoms with van der Waals surface area (Å²) >= 11 is 0. The van der Waals surface area contributed by atoms with Gasteiger partial charge in [0.2, 0.25) is 11.8 Å². The third-order valence-corrected chi connectivity index (χ3v) is 6.09. The molecule has 150 valence electrons. The molecule has 4 rings (SSSR count). The fourth-order valence-electron chi connectivity index (χ4n) is 4.25. The van der Waals surface area contributed by atoms with Crippen molar-refractivity contribution in [3.05, 3.63) is 34.4 Å². The van der Waals surface area contributed by atoms with E-state index in [-0.39, 0.29) is 34.3 Å². The van der Waals surface area contributed by atoms with Crippen molar-refractivity contribution in [2.45, 2.75) is 25.7 Å². The van der Waals surface area contributed by atoms with Crippen LogP contribution in [0.25, 0.3) is 0 Å². The Morgan fingerprint density at radius 3 is 1.82 bits per heavy atom. The van der Waals surface area contributed by atoms with Crippen molar-refractivity contribution < 1.29 is 14.5 Å². The number of nitrogens with zero attached hydrogens (tertiary/aromatic N) is 4. The van der Waals surface area contributed by atoms with Crippen LogP contribution in [0.5, 0.6) is 0 Å². The standard InChI is InChI=1S/C20H26N4O4/c25-19(15-5-6-15)22-11-13-23(14-12-22)20(26)16-7-9-21(10-8-16)17-3-1-2-4-18(17)24(27)28/h1-4,15-16H,5-14H2. The van der Waals surface area contributed by atoms with Crippen LogP contribution in [-0.4, -0.2) is 65.8 Å². The lowest BCUT2D eigenvalue weighted by atomic mass is 9.94. The second kappa shape index (κ2) is 7.77. The van der Waals surface area contributed by atoms with Crippen molar-refractivity contribution >= 4 is 23.2 Å². The van der Waals surface area contributed by atoms with Gasteiger partial charge in [0.1, 0.15) is 5.69 Å². The highest BCUT2D eigenvalue weighted by Gasteiger charge is 2.36. The van der Waals surface area contributed by atoms with E-state index in [1.165, 1.54) is 6.07 Å². The van der Waals surface area contributed by atoms with Gasteiger partial charge in [-0.3, -0.25) is 19.7 Å². The summed E-state index contributed by atoms with van der Waals surface area (Å²) in [4.78, 5) is 41.7. The molecule has 2 aliphatic heterocycles. The maximum absolute atomic E-state index is 12.9. The van der Waals surface area contributed by atoms with Gasteiger partial charge in [0.15, 0.2) is 0 Å². The number of hydrogen-bond acceptors (Lipinski definition) is 5. The van der Waals surface area contributed by atoms with E-state index in [0.29, 0.717) is 57.8 Å². The highest BCUT2D eigenvalue weighted by molar-refractivity contribution is 5.82. The Balaban J connectivity index is 1.30. The van der Waals surface area contributed by atoms with Crippen LogP contribution in [0.1, 0.15) is 25.7 Å². The van der Waals surface area contributed by atoms with Crippen molar-refractivity contribution in [2.24, 2.45) is 11.8 Å². The van der Waals surface area contributed by atoms with E-state index in [0.717, 1.165) is 12.8 Å². The Morgan fingerprint density at radius 1 is 0.821 bits per heavy atom. The maximum Gasteiger partial charge on any atom is 0.292 e. The molecule has 3 aliphatic rings. The van der Waals surface area contributed by atoms with Crippen LogP contribution in [-0.2, 0) is 9.59 Å². The minimum Gasteiger partial charge on any atom is -0.366 e. The van der Waals surface area contributed by atoms with Gasteiger partial charge in [-0.2, -0.15) is 0 Å². The molecule has 2 amide bonds. The summed E-state index contributed by atoms with van der Waals surface area (Å²) in [6.07, 6.45) is 3.42. The molecule has 8 nitrogen and oxygen atoms in total. The summed E-state index contributed by atoms with van der Waals surface area (Å²) in [6.45, 7) is 3.78. The first-order valence-corrected chi connectivity index (χ1v) is 10.1. The van der Waals surface area contributed by atoms with Crippen molar-refractivity contribution in [1.29, 1.82) is 0 Å². The summed E-state index contributed by atoms with van der Waals surface area (Å²) in [5.41, 5.74) is 0.745. The van der Waals surface area contributed by atoms with E-state index in [1.807, 2.05) is 20.8 Å². The summed E-state index contributed by atoms with van der Waals surface area (Å²) in [7, 11) is 0. The number of carbonyl (C=O) groups excluding carboxylic acids is 2. The number of anilines is 1. The second-order valence-corrected chi connectivity index (χ2v) is 7.93. The zero-order chi connectivity index (χ0) is 19.7. The molecule has 0 atom stereocenters. The number of rotatable bonds is 4. The van der Waals surface area contributed by atoms with Gasteiger partial charge in [0, 0.05) is 57.2 Å². The number of para-hydroxylation sites is 2. The highest BCUT2D eigenvalue weighted by Crippen LogP contribution is 2.33. The average molecular weight is 386 g/mol. The molecule has 1 saturated carbocycles. The summed E-state index contributed by atoms with van der Waals surface area (Å²) in [5.74, 6) is 0.615. The number of amides is 2. The molecule has 1 aliphatic carbocycles. The molecular formula is C20H26N4O4. The number of nitro groups is 1. The van der Waals surface area contributed by atoms with Gasteiger partial charge >= 0.3 is 0 Å². The third kappa shape index (κ3) is 3.81. The summed E-state index contributed by atoms with van der Waals surface area (Å²) < 4.78 is 0. The van der Waals surface area contributed by atoms with Crippen molar-refractivity contribution in [1.82, 2.24) is 9.80 Å². The lowest BCUT2D eigenvalue weighted by Crippen LogP contribution is -2.53. The molecule has 2 saturated heterocycles. The predicted octanol–water partition coefficient (Wildman–Crippen LogP) is 1.89. The number of carbonyl (C=O) groups is 2. The molecule has 0 spiro atoms. The Morgan fingerprint density at radius 2 is 1.32 bits per heavy atom. The number of piperazine rings is 1. The first-order valence-electron chi connectivity index (χ1n) is 10.1. The van der Waals surface area contributed by atoms with Crippen LogP contribution in [0.4, 0.5) is 11.4 Å². The van der Waals surface area contributed by atoms with E-state index >= 15 is 0 Å². The highest BCUT2D eigenvalue weighted by atomic mass is 16.6. The first kappa shape index (κ1) is 18.7. The fourth-order valence-corrected chi connectivity index (χ4v) is 4.25. The first-order chi connectivity index (χ1) is 13.5. The summed E-state index contributed by atoms with van der Waals surface area (Å²) in [5, 5.41) is 11.3. The quantitative estimate of drug-likeness (QED) is 0.583. The molecule has 1 aromatic carbocycles. The van der Waals surface area contributed by atoms with Crippen molar-refractivity contribution in [2.75, 3.05) is 44.2 Å². The molecule has 0 aromatic heterocycles. The van der Waals surface area contributed by atoms with Gasteiger partial charge in [0.05, 0.1) is 4.92 Å². The molecule has 8 heteroatoms. The summed E-state index contributed by atoms with van der Waals surface area (Å²) in [6, 6.07) is 6.78. The van der Waals surface area contributed by atoms with Gasteiger partial charge in [0.25, 0.3) is 5.69 Å². The molecule has 3 fully saturated rings. The lowest BCUT2D eigenvalue weighted by molar-refractivity contribution is -0.384. The van der Waals surface area contributed by atoms with Crippen LogP contribution in [0, 0.1) is 22.0 Å². The molecular weight excluding hydrogens is 360 g/mol. The Bertz CT molecular complexity index is 763. The Kier molecular flexibility index (Phi) is 5.19. The molecule has 0 unspecified atom stereocenters. The maximum atomic E-state index is 12.9. The van der Waals surface area contributed by atoms with E-state index < -0.39 is 0 Å². The van der Waals surface area contributed by atoms with Crippen LogP contribution < -0.4 is 4.90 Å². The largest absolute Gasteiger partial charge is 0.366 e.